The minimum atomic E-state index is -0.200. The Morgan fingerprint density at radius 1 is 1.08 bits per heavy atom. The van der Waals surface area contributed by atoms with Crippen LogP contribution in [0.5, 0.6) is 0 Å². The van der Waals surface area contributed by atoms with E-state index in [9.17, 15) is 4.79 Å². The molecule has 0 radical (unpaired) electrons. The molecule has 1 aromatic heterocycles. The largest absolute Gasteiger partial charge is 0.341 e. The molecule has 2 aromatic rings. The third-order valence-electron chi connectivity index (χ3n) is 4.47. The summed E-state index contributed by atoms with van der Waals surface area (Å²) in [6.07, 6.45) is 2.30. The van der Waals surface area contributed by atoms with Crippen LogP contribution in [0, 0.1) is 6.92 Å². The van der Waals surface area contributed by atoms with Gasteiger partial charge in [-0.25, -0.2) is 9.97 Å². The zero-order valence-electron chi connectivity index (χ0n) is 15.5. The molecular weight excluding hydrogens is 312 g/mol. The van der Waals surface area contributed by atoms with E-state index >= 15 is 0 Å². The van der Waals surface area contributed by atoms with Crippen LogP contribution in [-0.2, 0) is 5.41 Å². The highest BCUT2D eigenvalue weighted by atomic mass is 16.1. The third kappa shape index (κ3) is 4.16. The van der Waals surface area contributed by atoms with Crippen LogP contribution in [-0.4, -0.2) is 29.0 Å². The lowest BCUT2D eigenvalue weighted by Crippen LogP contribution is -2.23. The van der Waals surface area contributed by atoms with Gasteiger partial charge in [0.1, 0.15) is 5.69 Å². The lowest BCUT2D eigenvalue weighted by atomic mass is 9.87. The van der Waals surface area contributed by atoms with Gasteiger partial charge in [0.15, 0.2) is 0 Å². The first-order valence-corrected chi connectivity index (χ1v) is 8.85. The van der Waals surface area contributed by atoms with Crippen molar-refractivity contribution < 1.29 is 4.79 Å². The van der Waals surface area contributed by atoms with E-state index < -0.39 is 0 Å². The molecule has 1 aliphatic rings. The molecule has 0 atom stereocenters. The SMILES string of the molecule is Cc1cc(C(=O)Nc2ccc(C(C)(C)C)cc2)nc(N2CCCC2)n1. The highest BCUT2D eigenvalue weighted by Gasteiger charge is 2.18. The number of aryl methyl sites for hydroxylation is 1. The van der Waals surface area contributed by atoms with E-state index in [1.54, 1.807) is 6.07 Å². The van der Waals surface area contributed by atoms with Crippen LogP contribution in [0.2, 0.25) is 0 Å². The van der Waals surface area contributed by atoms with Crippen molar-refractivity contribution >= 4 is 17.5 Å². The molecule has 0 aliphatic carbocycles. The Kier molecular flexibility index (Phi) is 4.75. The van der Waals surface area contributed by atoms with Gasteiger partial charge in [-0.05, 0) is 48.9 Å². The smallest absolute Gasteiger partial charge is 0.274 e. The number of rotatable bonds is 3. The van der Waals surface area contributed by atoms with E-state index in [0.717, 1.165) is 37.3 Å². The van der Waals surface area contributed by atoms with Crippen molar-refractivity contribution in [1.82, 2.24) is 9.97 Å². The first kappa shape index (κ1) is 17.4. The second-order valence-corrected chi connectivity index (χ2v) is 7.67. The predicted molar refractivity (Wildman–Crippen MR) is 101 cm³/mol. The fraction of sp³-hybridized carbons (Fsp3) is 0.450. The number of amides is 1. The van der Waals surface area contributed by atoms with E-state index in [2.05, 4.69) is 53.1 Å². The molecule has 2 heterocycles. The number of nitrogens with one attached hydrogen (secondary N) is 1. The van der Waals surface area contributed by atoms with E-state index in [1.165, 1.54) is 5.56 Å². The predicted octanol–water partition coefficient (Wildman–Crippen LogP) is 3.94. The zero-order valence-corrected chi connectivity index (χ0v) is 15.5. The summed E-state index contributed by atoms with van der Waals surface area (Å²) in [4.78, 5) is 23.7. The molecule has 1 amide bonds. The van der Waals surface area contributed by atoms with Crippen LogP contribution in [0.15, 0.2) is 30.3 Å². The summed E-state index contributed by atoms with van der Waals surface area (Å²) in [5.41, 5.74) is 3.33. The van der Waals surface area contributed by atoms with Crippen LogP contribution >= 0.6 is 0 Å². The van der Waals surface area contributed by atoms with Gasteiger partial charge in [-0.3, -0.25) is 4.79 Å². The fourth-order valence-electron chi connectivity index (χ4n) is 2.98. The van der Waals surface area contributed by atoms with Gasteiger partial charge in [-0.2, -0.15) is 0 Å². The minimum Gasteiger partial charge on any atom is -0.341 e. The molecule has 0 unspecified atom stereocenters. The van der Waals surface area contributed by atoms with Crippen molar-refractivity contribution in [3.05, 3.63) is 47.3 Å². The topological polar surface area (TPSA) is 58.1 Å². The van der Waals surface area contributed by atoms with E-state index in [-0.39, 0.29) is 11.3 Å². The molecule has 25 heavy (non-hydrogen) atoms. The Balaban J connectivity index is 1.76. The maximum atomic E-state index is 12.6. The molecule has 1 aliphatic heterocycles. The monoisotopic (exact) mass is 338 g/mol. The normalized spacial score (nSPS) is 14.6. The van der Waals surface area contributed by atoms with Crippen LogP contribution in [0.3, 0.4) is 0 Å². The number of aromatic nitrogens is 2. The molecule has 5 heteroatoms. The summed E-state index contributed by atoms with van der Waals surface area (Å²) in [6.45, 7) is 10.3. The maximum Gasteiger partial charge on any atom is 0.274 e. The van der Waals surface area contributed by atoms with Gasteiger partial charge < -0.3 is 10.2 Å². The Bertz CT molecular complexity index is 756. The lowest BCUT2D eigenvalue weighted by Gasteiger charge is -2.19. The number of anilines is 2. The van der Waals surface area contributed by atoms with Gasteiger partial charge in [-0.1, -0.05) is 32.9 Å². The first-order valence-electron chi connectivity index (χ1n) is 8.85. The molecule has 1 aromatic carbocycles. The van der Waals surface area contributed by atoms with Crippen molar-refractivity contribution in [2.24, 2.45) is 0 Å². The highest BCUT2D eigenvalue weighted by molar-refractivity contribution is 6.03. The average molecular weight is 338 g/mol. The Hall–Kier alpha value is -2.43. The number of carbonyl (C=O) groups is 1. The average Bonchev–Trinajstić information content (AvgIpc) is 3.08. The summed E-state index contributed by atoms with van der Waals surface area (Å²) >= 11 is 0. The molecule has 132 valence electrons. The molecular formula is C20H26N4O. The van der Waals surface area contributed by atoms with Crippen molar-refractivity contribution in [3.8, 4) is 0 Å². The summed E-state index contributed by atoms with van der Waals surface area (Å²) in [5.74, 6) is 0.459. The Morgan fingerprint density at radius 3 is 2.32 bits per heavy atom. The zero-order chi connectivity index (χ0) is 18.0. The summed E-state index contributed by atoms with van der Waals surface area (Å²) in [5, 5.41) is 2.93. The van der Waals surface area contributed by atoms with E-state index in [0.29, 0.717) is 11.6 Å². The van der Waals surface area contributed by atoms with E-state index in [1.807, 2.05) is 19.1 Å². The van der Waals surface area contributed by atoms with Gasteiger partial charge in [-0.15, -0.1) is 0 Å². The van der Waals surface area contributed by atoms with Crippen molar-refractivity contribution in [2.45, 2.75) is 46.0 Å². The second-order valence-electron chi connectivity index (χ2n) is 7.67. The van der Waals surface area contributed by atoms with Crippen LogP contribution in [0.4, 0.5) is 11.6 Å². The second kappa shape index (κ2) is 6.82. The summed E-state index contributed by atoms with van der Waals surface area (Å²) in [7, 11) is 0. The van der Waals surface area contributed by atoms with Gasteiger partial charge in [0, 0.05) is 24.5 Å². The van der Waals surface area contributed by atoms with Crippen LogP contribution < -0.4 is 10.2 Å². The van der Waals surface area contributed by atoms with Crippen LogP contribution in [0.25, 0.3) is 0 Å². The number of benzene rings is 1. The summed E-state index contributed by atoms with van der Waals surface area (Å²) < 4.78 is 0. The van der Waals surface area contributed by atoms with Gasteiger partial charge in [0.2, 0.25) is 5.95 Å². The number of carbonyl (C=O) groups excluding carboxylic acids is 1. The van der Waals surface area contributed by atoms with Crippen molar-refractivity contribution in [3.63, 3.8) is 0 Å². The Labute approximate surface area is 149 Å². The van der Waals surface area contributed by atoms with E-state index in [4.69, 9.17) is 0 Å². The van der Waals surface area contributed by atoms with Gasteiger partial charge in [0.05, 0.1) is 0 Å². The maximum absolute atomic E-state index is 12.6. The molecule has 1 saturated heterocycles. The first-order chi connectivity index (χ1) is 11.8. The molecule has 5 nitrogen and oxygen atoms in total. The molecule has 0 bridgehead atoms. The quantitative estimate of drug-likeness (QED) is 0.921. The van der Waals surface area contributed by atoms with Crippen molar-refractivity contribution in [2.75, 3.05) is 23.3 Å². The van der Waals surface area contributed by atoms with Crippen LogP contribution in [0.1, 0.15) is 55.4 Å². The fourth-order valence-corrected chi connectivity index (χ4v) is 2.98. The molecule has 0 saturated carbocycles. The third-order valence-corrected chi connectivity index (χ3v) is 4.47. The van der Waals surface area contributed by atoms with Gasteiger partial charge in [0.25, 0.3) is 5.91 Å². The lowest BCUT2D eigenvalue weighted by molar-refractivity contribution is 0.102. The Morgan fingerprint density at radius 2 is 1.72 bits per heavy atom. The number of nitrogens with zero attached hydrogens (tertiary/aromatic N) is 3. The van der Waals surface area contributed by atoms with Gasteiger partial charge >= 0.3 is 0 Å². The molecule has 0 spiro atoms. The molecule has 3 rings (SSSR count). The minimum absolute atomic E-state index is 0.0942. The van der Waals surface area contributed by atoms with Crippen molar-refractivity contribution in [1.29, 1.82) is 0 Å². The molecule has 1 N–H and O–H groups in total. The number of hydrogen-bond acceptors (Lipinski definition) is 4. The molecule has 1 fully saturated rings. The standard InChI is InChI=1S/C20H26N4O/c1-14-13-17(23-19(21-14)24-11-5-6-12-24)18(25)22-16-9-7-15(8-10-16)20(2,3)4/h7-10,13H,5-6,11-12H2,1-4H3,(H,22,25). The number of hydrogen-bond donors (Lipinski definition) is 1. The highest BCUT2D eigenvalue weighted by Crippen LogP contribution is 2.24. The summed E-state index contributed by atoms with van der Waals surface area (Å²) in [6, 6.07) is 9.72.